The van der Waals surface area contributed by atoms with Crippen molar-refractivity contribution in [2.24, 2.45) is 0 Å². The Morgan fingerprint density at radius 2 is 2.00 bits per heavy atom. The van der Waals surface area contributed by atoms with E-state index in [0.717, 1.165) is 5.56 Å². The monoisotopic (exact) mass is 471 g/mol. The van der Waals surface area contributed by atoms with Gasteiger partial charge in [-0.05, 0) is 48.0 Å². The first-order chi connectivity index (χ1) is 16.5. The number of hydrogen-bond acceptors (Lipinski definition) is 7. The predicted octanol–water partition coefficient (Wildman–Crippen LogP) is 2.75. The first-order valence-electron chi connectivity index (χ1n) is 11.2. The van der Waals surface area contributed by atoms with Crippen LogP contribution in [0.2, 0.25) is 0 Å². The fourth-order valence-electron chi connectivity index (χ4n) is 3.84. The normalized spacial score (nSPS) is 18.9. The lowest BCUT2D eigenvalue weighted by Gasteiger charge is -2.30. The third-order valence-corrected chi connectivity index (χ3v) is 5.53. The molecule has 0 radical (unpaired) electrons. The molecule has 3 aromatic rings. The van der Waals surface area contributed by atoms with Crippen molar-refractivity contribution in [2.75, 3.05) is 46.6 Å². The van der Waals surface area contributed by atoms with Gasteiger partial charge in [-0.2, -0.15) is 5.10 Å². The minimum absolute atomic E-state index is 0.0412. The summed E-state index contributed by atoms with van der Waals surface area (Å²) < 4.78 is 37.7. The zero-order valence-electron chi connectivity index (χ0n) is 19.2. The van der Waals surface area contributed by atoms with E-state index in [1.165, 1.54) is 12.1 Å². The summed E-state index contributed by atoms with van der Waals surface area (Å²) in [5.74, 6) is 1.48. The van der Waals surface area contributed by atoms with E-state index in [0.29, 0.717) is 56.6 Å². The highest BCUT2D eigenvalue weighted by Gasteiger charge is 2.33. The standard InChI is InChI=1S/C25H30FN3O5/c1-31-23-8-3-20(15-24(23)33-14-12-29-10-2-9-27-29)16-28-11-13-32-18-25(30,17-28)19-34-22-6-4-21(26)5-7-22/h2-10,15,30H,11-14,16-19H2,1H3/t25-/m0/s1. The number of nitrogens with zero attached hydrogens (tertiary/aromatic N) is 3. The molecule has 34 heavy (non-hydrogen) atoms. The largest absolute Gasteiger partial charge is 0.493 e. The van der Waals surface area contributed by atoms with Crippen LogP contribution >= 0.6 is 0 Å². The van der Waals surface area contributed by atoms with E-state index < -0.39 is 5.60 Å². The van der Waals surface area contributed by atoms with Crippen LogP contribution in [0, 0.1) is 5.82 Å². The number of hydrogen-bond donors (Lipinski definition) is 1. The molecule has 0 amide bonds. The number of aliphatic hydroxyl groups is 1. The van der Waals surface area contributed by atoms with Gasteiger partial charge in [0.1, 0.15) is 30.4 Å². The van der Waals surface area contributed by atoms with Crippen molar-refractivity contribution >= 4 is 0 Å². The maximum absolute atomic E-state index is 13.1. The maximum atomic E-state index is 13.1. The highest BCUT2D eigenvalue weighted by molar-refractivity contribution is 5.43. The Morgan fingerprint density at radius 3 is 2.76 bits per heavy atom. The Balaban J connectivity index is 1.37. The SMILES string of the molecule is COc1ccc(CN2CCOC[C@](O)(COc3ccc(F)cc3)C2)cc1OCCn1cccn1. The average molecular weight is 472 g/mol. The Kier molecular flexibility index (Phi) is 7.99. The predicted molar refractivity (Wildman–Crippen MR) is 124 cm³/mol. The van der Waals surface area contributed by atoms with E-state index in [-0.39, 0.29) is 19.0 Å². The number of benzene rings is 2. The second-order valence-corrected chi connectivity index (χ2v) is 8.33. The van der Waals surface area contributed by atoms with Gasteiger partial charge in [-0.3, -0.25) is 9.58 Å². The summed E-state index contributed by atoms with van der Waals surface area (Å²) >= 11 is 0. The highest BCUT2D eigenvalue weighted by Crippen LogP contribution is 2.29. The summed E-state index contributed by atoms with van der Waals surface area (Å²) in [4.78, 5) is 2.12. The molecule has 0 bridgehead atoms. The molecule has 1 aliphatic heterocycles. The Labute approximate surface area is 198 Å². The van der Waals surface area contributed by atoms with Crippen LogP contribution in [0.5, 0.6) is 17.2 Å². The molecule has 0 spiro atoms. The van der Waals surface area contributed by atoms with Gasteiger partial charge in [0.05, 0.1) is 26.9 Å². The van der Waals surface area contributed by atoms with Crippen molar-refractivity contribution in [1.29, 1.82) is 0 Å². The zero-order valence-corrected chi connectivity index (χ0v) is 19.2. The number of ether oxygens (including phenoxy) is 4. The van der Waals surface area contributed by atoms with Crippen LogP contribution in [0.15, 0.2) is 60.9 Å². The lowest BCUT2D eigenvalue weighted by Crippen LogP contribution is -2.48. The number of rotatable bonds is 10. The molecular formula is C25H30FN3O5. The minimum atomic E-state index is -1.19. The fraction of sp³-hybridized carbons (Fsp3) is 0.400. The molecule has 0 unspecified atom stereocenters. The van der Waals surface area contributed by atoms with Gasteiger partial charge in [0.2, 0.25) is 0 Å². The van der Waals surface area contributed by atoms with Crippen molar-refractivity contribution in [3.63, 3.8) is 0 Å². The topological polar surface area (TPSA) is 78.2 Å². The van der Waals surface area contributed by atoms with Crippen LogP contribution in [0.25, 0.3) is 0 Å². The van der Waals surface area contributed by atoms with E-state index in [2.05, 4.69) is 10.00 Å². The van der Waals surface area contributed by atoms with Crippen LogP contribution in [0.4, 0.5) is 4.39 Å². The van der Waals surface area contributed by atoms with Crippen LogP contribution in [0.3, 0.4) is 0 Å². The number of β-amino-alcohol motifs (C(OH)–C–C–N with tert-alkyl or cyclic N) is 1. The van der Waals surface area contributed by atoms with Gasteiger partial charge in [-0.1, -0.05) is 6.07 Å². The molecule has 1 N–H and O–H groups in total. The molecule has 1 aliphatic rings. The van der Waals surface area contributed by atoms with Crippen molar-refractivity contribution in [3.8, 4) is 17.2 Å². The average Bonchev–Trinajstić information content (AvgIpc) is 3.28. The molecule has 1 fully saturated rings. The third kappa shape index (κ3) is 6.69. The summed E-state index contributed by atoms with van der Waals surface area (Å²) in [5, 5.41) is 15.3. The van der Waals surface area contributed by atoms with Crippen molar-refractivity contribution in [1.82, 2.24) is 14.7 Å². The number of halogens is 1. The molecule has 182 valence electrons. The highest BCUT2D eigenvalue weighted by atomic mass is 19.1. The molecule has 1 aromatic heterocycles. The quantitative estimate of drug-likeness (QED) is 0.487. The van der Waals surface area contributed by atoms with Gasteiger partial charge >= 0.3 is 0 Å². The first-order valence-corrected chi connectivity index (χ1v) is 11.2. The van der Waals surface area contributed by atoms with Crippen LogP contribution in [0.1, 0.15) is 5.56 Å². The third-order valence-electron chi connectivity index (χ3n) is 5.53. The minimum Gasteiger partial charge on any atom is -0.493 e. The van der Waals surface area contributed by atoms with E-state index >= 15 is 0 Å². The summed E-state index contributed by atoms with van der Waals surface area (Å²) in [6.45, 7) is 3.43. The summed E-state index contributed by atoms with van der Waals surface area (Å²) in [6.07, 6.45) is 3.62. The van der Waals surface area contributed by atoms with Gasteiger partial charge in [-0.25, -0.2) is 4.39 Å². The van der Waals surface area contributed by atoms with Crippen molar-refractivity contribution in [2.45, 2.75) is 18.7 Å². The molecule has 1 saturated heterocycles. The first kappa shape index (κ1) is 24.0. The molecule has 9 heteroatoms. The van der Waals surface area contributed by atoms with Gasteiger partial charge in [0, 0.05) is 32.0 Å². The molecule has 0 saturated carbocycles. The van der Waals surface area contributed by atoms with E-state index in [9.17, 15) is 9.50 Å². The maximum Gasteiger partial charge on any atom is 0.161 e. The van der Waals surface area contributed by atoms with Crippen LogP contribution in [-0.4, -0.2) is 72.0 Å². The Bertz CT molecular complexity index is 1030. The Morgan fingerprint density at radius 1 is 1.15 bits per heavy atom. The summed E-state index contributed by atoms with van der Waals surface area (Å²) in [6, 6.07) is 13.4. The van der Waals surface area contributed by atoms with Gasteiger partial charge in [0.25, 0.3) is 0 Å². The van der Waals surface area contributed by atoms with Gasteiger partial charge in [0.15, 0.2) is 11.5 Å². The van der Waals surface area contributed by atoms with Crippen molar-refractivity contribution < 1.29 is 28.4 Å². The summed E-state index contributed by atoms with van der Waals surface area (Å²) in [5.41, 5.74) is -0.168. The van der Waals surface area contributed by atoms with Crippen molar-refractivity contribution in [3.05, 3.63) is 72.3 Å². The smallest absolute Gasteiger partial charge is 0.161 e. The molecule has 2 aromatic carbocycles. The molecule has 8 nitrogen and oxygen atoms in total. The molecule has 2 heterocycles. The second-order valence-electron chi connectivity index (χ2n) is 8.33. The van der Waals surface area contributed by atoms with E-state index in [1.807, 2.05) is 35.1 Å². The van der Waals surface area contributed by atoms with E-state index in [1.54, 1.807) is 25.4 Å². The second kappa shape index (κ2) is 11.3. The van der Waals surface area contributed by atoms with Crippen LogP contribution in [-0.2, 0) is 17.8 Å². The molecule has 4 rings (SSSR count). The Hall–Kier alpha value is -3.14. The lowest BCUT2D eigenvalue weighted by atomic mass is 10.1. The number of aromatic nitrogens is 2. The zero-order chi connectivity index (χ0) is 23.8. The molecular weight excluding hydrogens is 441 g/mol. The molecule has 1 atom stereocenters. The number of methoxy groups -OCH3 is 1. The fourth-order valence-corrected chi connectivity index (χ4v) is 3.84. The van der Waals surface area contributed by atoms with E-state index in [4.69, 9.17) is 18.9 Å². The lowest BCUT2D eigenvalue weighted by molar-refractivity contribution is -0.0646. The van der Waals surface area contributed by atoms with Gasteiger partial charge in [-0.15, -0.1) is 0 Å². The van der Waals surface area contributed by atoms with Crippen LogP contribution < -0.4 is 14.2 Å². The van der Waals surface area contributed by atoms with Gasteiger partial charge < -0.3 is 24.1 Å². The molecule has 0 aliphatic carbocycles. The summed E-state index contributed by atoms with van der Waals surface area (Å²) in [7, 11) is 1.61.